The van der Waals surface area contributed by atoms with Crippen LogP contribution in [0.1, 0.15) is 32.4 Å². The number of carbonyl (C=O) groups is 2. The zero-order valence-electron chi connectivity index (χ0n) is 28.4. The molecule has 1 unspecified atom stereocenters. The van der Waals surface area contributed by atoms with E-state index in [9.17, 15) is 9.59 Å². The number of methoxy groups -OCH3 is 5. The maximum absolute atomic E-state index is 12.8. The van der Waals surface area contributed by atoms with Gasteiger partial charge >= 0.3 is 0 Å². The number of hydrogen-bond donors (Lipinski definition) is 3. The van der Waals surface area contributed by atoms with E-state index in [0.717, 1.165) is 0 Å². The number of hydrogen-bond acceptors (Lipinski definition) is 13. The van der Waals surface area contributed by atoms with Crippen LogP contribution in [0.2, 0.25) is 0 Å². The highest BCUT2D eigenvalue weighted by Crippen LogP contribution is 2.39. The second-order valence-electron chi connectivity index (χ2n) is 10.9. The monoisotopic (exact) mass is 709 g/mol. The standard InChI is InChI=1S/C35H31N7O10/c1-45-21-8-9-24-22(16-21)34(43)38-33(37-24)19-7-11-27(29(14-19)47-3)51-42-52-30-13-18(6-10-26(30)46-2)25-17-28(50-40-25)20-12-23(35(44)39-41-36)32(49-5)31(15-20)48-4/h6-17,33,37,42H,1-5H3,(H,38,43). The first kappa shape index (κ1) is 34.8. The molecule has 2 amide bonds. The minimum atomic E-state index is -0.859. The van der Waals surface area contributed by atoms with Crippen LogP contribution >= 0.6 is 0 Å². The molecule has 0 saturated heterocycles. The Labute approximate surface area is 295 Å². The summed E-state index contributed by atoms with van der Waals surface area (Å²) in [6, 6.07) is 20.1. The van der Waals surface area contributed by atoms with Crippen LogP contribution in [-0.4, -0.2) is 52.5 Å². The summed E-state index contributed by atoms with van der Waals surface area (Å²) >= 11 is 0. The van der Waals surface area contributed by atoms with Crippen LogP contribution in [0.25, 0.3) is 33.0 Å². The molecule has 3 N–H and O–H groups in total. The van der Waals surface area contributed by atoms with Crippen molar-refractivity contribution in [3.8, 4) is 62.8 Å². The summed E-state index contributed by atoms with van der Waals surface area (Å²) in [5.41, 5.74) is 14.5. The van der Waals surface area contributed by atoms with Crippen LogP contribution in [-0.2, 0) is 0 Å². The summed E-state index contributed by atoms with van der Waals surface area (Å²) in [5, 5.41) is 13.6. The van der Waals surface area contributed by atoms with E-state index >= 15 is 0 Å². The van der Waals surface area contributed by atoms with Gasteiger partial charge in [-0.15, -0.1) is 0 Å². The molecule has 266 valence electrons. The molecule has 2 heterocycles. The summed E-state index contributed by atoms with van der Waals surface area (Å²) < 4.78 is 32.5. The van der Waals surface area contributed by atoms with E-state index in [2.05, 4.69) is 31.5 Å². The topological polar surface area (TPSA) is 210 Å². The molecule has 52 heavy (non-hydrogen) atoms. The normalized spacial score (nSPS) is 13.0. The first-order valence-corrected chi connectivity index (χ1v) is 15.3. The largest absolute Gasteiger partial charge is 0.497 e. The van der Waals surface area contributed by atoms with E-state index in [1.807, 2.05) is 0 Å². The smallest absolute Gasteiger partial charge is 0.255 e. The summed E-state index contributed by atoms with van der Waals surface area (Å²) in [6.07, 6.45) is -0.529. The quantitative estimate of drug-likeness (QED) is 0.0536. The molecule has 17 heteroatoms. The van der Waals surface area contributed by atoms with Gasteiger partial charge in [0.15, 0.2) is 40.3 Å². The van der Waals surface area contributed by atoms with Gasteiger partial charge in [-0.25, -0.2) is 0 Å². The van der Waals surface area contributed by atoms with Crippen molar-refractivity contribution in [2.24, 2.45) is 5.11 Å². The van der Waals surface area contributed by atoms with Crippen LogP contribution in [0.4, 0.5) is 5.69 Å². The molecule has 5 aromatic rings. The molecule has 0 radical (unpaired) electrons. The molecule has 17 nitrogen and oxygen atoms in total. The number of rotatable bonds is 13. The highest BCUT2D eigenvalue weighted by atomic mass is 16.9. The van der Waals surface area contributed by atoms with Gasteiger partial charge in [-0.05, 0) is 76.9 Å². The van der Waals surface area contributed by atoms with Gasteiger partial charge in [-0.2, -0.15) is 0 Å². The Morgan fingerprint density at radius 2 is 1.54 bits per heavy atom. The first-order chi connectivity index (χ1) is 25.3. The number of azide groups is 1. The Morgan fingerprint density at radius 3 is 2.27 bits per heavy atom. The second kappa shape index (κ2) is 15.2. The number of nitrogens with one attached hydrogen (secondary N) is 3. The fraction of sp³-hybridized carbons (Fsp3) is 0.171. The predicted octanol–water partition coefficient (Wildman–Crippen LogP) is 6.23. The predicted molar refractivity (Wildman–Crippen MR) is 185 cm³/mol. The van der Waals surface area contributed by atoms with E-state index < -0.39 is 12.1 Å². The molecule has 0 saturated carbocycles. The molecule has 1 atom stereocenters. The first-order valence-electron chi connectivity index (χ1n) is 15.3. The van der Waals surface area contributed by atoms with Gasteiger partial charge in [0.05, 0.1) is 46.7 Å². The summed E-state index contributed by atoms with van der Waals surface area (Å²) in [7, 11) is 7.28. The van der Waals surface area contributed by atoms with Crippen molar-refractivity contribution in [1.29, 1.82) is 0 Å². The lowest BCUT2D eigenvalue weighted by Gasteiger charge is -2.28. The van der Waals surface area contributed by atoms with E-state index in [4.69, 9.17) is 43.4 Å². The van der Waals surface area contributed by atoms with Gasteiger partial charge in [-0.1, -0.05) is 11.2 Å². The highest BCUT2D eigenvalue weighted by Gasteiger charge is 2.26. The minimum absolute atomic E-state index is 0.0188. The fourth-order valence-corrected chi connectivity index (χ4v) is 5.41. The van der Waals surface area contributed by atoms with Crippen molar-refractivity contribution >= 4 is 17.5 Å². The average molecular weight is 710 g/mol. The Morgan fingerprint density at radius 1 is 0.788 bits per heavy atom. The van der Waals surface area contributed by atoms with Crippen LogP contribution < -0.4 is 49.6 Å². The van der Waals surface area contributed by atoms with Crippen molar-refractivity contribution in [1.82, 2.24) is 16.1 Å². The van der Waals surface area contributed by atoms with Gasteiger partial charge in [0.1, 0.15) is 17.6 Å². The van der Waals surface area contributed by atoms with Crippen molar-refractivity contribution in [3.63, 3.8) is 0 Å². The molecule has 0 fully saturated rings. The molecule has 0 bridgehead atoms. The highest BCUT2D eigenvalue weighted by molar-refractivity contribution is 6.02. The number of aromatic nitrogens is 1. The molecule has 0 spiro atoms. The van der Waals surface area contributed by atoms with E-state index in [1.165, 1.54) is 34.5 Å². The molecule has 0 aliphatic carbocycles. The molecule has 1 aliphatic rings. The average Bonchev–Trinajstić information content (AvgIpc) is 3.68. The Bertz CT molecular complexity index is 2200. The molecular formula is C35H31N7O10. The Kier molecular flexibility index (Phi) is 10.2. The second-order valence-corrected chi connectivity index (χ2v) is 10.9. The van der Waals surface area contributed by atoms with Crippen molar-refractivity contribution in [2.45, 2.75) is 6.17 Å². The van der Waals surface area contributed by atoms with Gasteiger partial charge in [0.2, 0.25) is 0 Å². The maximum atomic E-state index is 12.8. The lowest BCUT2D eigenvalue weighted by Crippen LogP contribution is -2.38. The Balaban J connectivity index is 1.17. The van der Waals surface area contributed by atoms with Crippen LogP contribution in [0, 0.1) is 0 Å². The SMILES string of the molecule is COc1ccc2c(c1)C(=O)NC(c1ccc(ONOc3cc(-c4cc(-c5cc(OC)c(OC)c(C(=O)N=[N+]=[N-])c5)on4)ccc3OC)c(OC)c1)N2. The van der Waals surface area contributed by atoms with Crippen LogP contribution in [0.15, 0.2) is 82.4 Å². The third-order valence-corrected chi connectivity index (χ3v) is 7.97. The zero-order chi connectivity index (χ0) is 36.8. The van der Waals surface area contributed by atoms with Crippen molar-refractivity contribution in [3.05, 3.63) is 99.9 Å². The van der Waals surface area contributed by atoms with Gasteiger partial charge in [-0.3, -0.25) is 9.59 Å². The lowest BCUT2D eigenvalue weighted by atomic mass is 10.0. The third-order valence-electron chi connectivity index (χ3n) is 7.97. The van der Waals surface area contributed by atoms with E-state index in [-0.39, 0.29) is 34.5 Å². The maximum Gasteiger partial charge on any atom is 0.255 e. The summed E-state index contributed by atoms with van der Waals surface area (Å²) in [6.45, 7) is 0. The summed E-state index contributed by atoms with van der Waals surface area (Å²) in [5.74, 6) is 1.36. The number of carbonyl (C=O) groups excluding carboxylic acids is 2. The van der Waals surface area contributed by atoms with Gasteiger partial charge < -0.3 is 48.5 Å². The van der Waals surface area contributed by atoms with E-state index in [1.54, 1.807) is 73.8 Å². The zero-order valence-corrected chi connectivity index (χ0v) is 28.4. The number of amides is 2. The molecule has 1 aliphatic heterocycles. The van der Waals surface area contributed by atoms with Crippen LogP contribution in [0.5, 0.6) is 40.2 Å². The number of ether oxygens (including phenoxy) is 5. The molecule has 6 rings (SSSR count). The summed E-state index contributed by atoms with van der Waals surface area (Å²) in [4.78, 5) is 39.3. The van der Waals surface area contributed by atoms with Gasteiger partial charge in [0, 0.05) is 33.4 Å². The Hall–Kier alpha value is -7.10. The van der Waals surface area contributed by atoms with Crippen molar-refractivity contribution in [2.75, 3.05) is 40.9 Å². The fourth-order valence-electron chi connectivity index (χ4n) is 5.41. The molecular weight excluding hydrogens is 678 g/mol. The van der Waals surface area contributed by atoms with Gasteiger partial charge in [0.25, 0.3) is 11.8 Å². The third kappa shape index (κ3) is 6.98. The number of benzene rings is 4. The molecule has 4 aromatic carbocycles. The van der Waals surface area contributed by atoms with Crippen LogP contribution in [0.3, 0.4) is 0 Å². The number of anilines is 1. The lowest BCUT2D eigenvalue weighted by molar-refractivity contribution is -0.0224. The van der Waals surface area contributed by atoms with E-state index in [0.29, 0.717) is 56.6 Å². The minimum Gasteiger partial charge on any atom is -0.497 e. The molecule has 1 aromatic heterocycles. The number of fused-ring (bicyclic) bond motifs is 1. The van der Waals surface area contributed by atoms with Crippen molar-refractivity contribution < 1.29 is 47.5 Å². The number of nitrogens with zero attached hydrogens (tertiary/aromatic N) is 4.